The van der Waals surface area contributed by atoms with Crippen LogP contribution in [0.15, 0.2) is 43.0 Å². The third kappa shape index (κ3) is 3.28. The van der Waals surface area contributed by atoms with Gasteiger partial charge in [-0.1, -0.05) is 24.3 Å². The van der Waals surface area contributed by atoms with Crippen LogP contribution in [0.2, 0.25) is 0 Å². The Morgan fingerprint density at radius 2 is 2.36 bits per heavy atom. The summed E-state index contributed by atoms with van der Waals surface area (Å²) in [5, 5.41) is 8.62. The lowest BCUT2D eigenvalue weighted by atomic mass is 9.86. The number of aromatic nitrogens is 2. The summed E-state index contributed by atoms with van der Waals surface area (Å²) in [6.07, 6.45) is 13.8. The van der Waals surface area contributed by atoms with Crippen LogP contribution in [0.3, 0.4) is 0 Å². The smallest absolute Gasteiger partial charge is 0.0919 e. The van der Waals surface area contributed by atoms with Gasteiger partial charge < -0.3 is 4.98 Å². The van der Waals surface area contributed by atoms with Crippen LogP contribution >= 0.6 is 0 Å². The molecule has 3 heteroatoms. The van der Waals surface area contributed by atoms with Gasteiger partial charge in [0.2, 0.25) is 0 Å². The highest BCUT2D eigenvalue weighted by Gasteiger charge is 2.18. The Kier molecular flexibility index (Phi) is 3.69. The molecule has 0 bridgehead atoms. The number of imidazole rings is 1. The third-order valence-electron chi connectivity index (χ3n) is 1.91. The zero-order valence-corrected chi connectivity index (χ0v) is 8.14. The molecule has 14 heavy (non-hydrogen) atoms. The van der Waals surface area contributed by atoms with Gasteiger partial charge in [0.15, 0.2) is 0 Å². The first kappa shape index (κ1) is 10.3. The lowest BCUT2D eigenvalue weighted by Crippen LogP contribution is -2.09. The van der Waals surface area contributed by atoms with Crippen molar-refractivity contribution in [3.63, 3.8) is 0 Å². The van der Waals surface area contributed by atoms with Gasteiger partial charge in [0, 0.05) is 12.4 Å². The van der Waals surface area contributed by atoms with Gasteiger partial charge in [0.1, 0.15) is 0 Å². The van der Waals surface area contributed by atoms with Gasteiger partial charge in [-0.2, -0.15) is 5.26 Å². The van der Waals surface area contributed by atoms with Crippen LogP contribution in [-0.2, 0) is 0 Å². The van der Waals surface area contributed by atoms with Crippen molar-refractivity contribution in [2.45, 2.75) is 13.3 Å². The first-order valence-electron chi connectivity index (χ1n) is 4.45. The summed E-state index contributed by atoms with van der Waals surface area (Å²) < 4.78 is 0. The second-order valence-electron chi connectivity index (χ2n) is 3.28. The van der Waals surface area contributed by atoms with Crippen molar-refractivity contribution in [1.82, 2.24) is 9.97 Å². The summed E-state index contributed by atoms with van der Waals surface area (Å²) in [6, 6.07) is 2.24. The summed E-state index contributed by atoms with van der Waals surface area (Å²) in [7, 11) is 0. The van der Waals surface area contributed by atoms with E-state index >= 15 is 0 Å². The SMILES string of the molecule is CC1(C#N)C=CC=CC1.c1c[nH]cn1. The Morgan fingerprint density at radius 3 is 2.64 bits per heavy atom. The fourth-order valence-corrected chi connectivity index (χ4v) is 1.03. The van der Waals surface area contributed by atoms with E-state index in [0.717, 1.165) is 6.42 Å². The van der Waals surface area contributed by atoms with Crippen LogP contribution in [0.4, 0.5) is 0 Å². The Bertz CT molecular complexity index is 326. The molecule has 1 unspecified atom stereocenters. The zero-order chi connectivity index (χ0) is 10.3. The highest BCUT2D eigenvalue weighted by molar-refractivity contribution is 5.21. The molecule has 3 nitrogen and oxygen atoms in total. The van der Waals surface area contributed by atoms with Crippen molar-refractivity contribution < 1.29 is 0 Å². The molecule has 1 aromatic rings. The van der Waals surface area contributed by atoms with Crippen molar-refractivity contribution in [2.75, 3.05) is 0 Å². The van der Waals surface area contributed by atoms with E-state index in [1.165, 1.54) is 0 Å². The molecule has 1 aliphatic rings. The lowest BCUT2D eigenvalue weighted by Gasteiger charge is -2.15. The van der Waals surface area contributed by atoms with Crippen molar-refractivity contribution in [3.8, 4) is 6.07 Å². The van der Waals surface area contributed by atoms with E-state index < -0.39 is 0 Å². The Hall–Kier alpha value is -1.82. The predicted octanol–water partition coefficient (Wildman–Crippen LogP) is 2.44. The summed E-state index contributed by atoms with van der Waals surface area (Å²) >= 11 is 0. The zero-order valence-electron chi connectivity index (χ0n) is 8.14. The molecule has 1 aliphatic carbocycles. The van der Waals surface area contributed by atoms with E-state index in [9.17, 15) is 0 Å². The molecule has 0 fully saturated rings. The molecule has 1 heterocycles. The summed E-state index contributed by atoms with van der Waals surface area (Å²) in [4.78, 5) is 6.42. The number of rotatable bonds is 0. The van der Waals surface area contributed by atoms with Crippen molar-refractivity contribution in [2.24, 2.45) is 5.41 Å². The topological polar surface area (TPSA) is 52.5 Å². The maximum Gasteiger partial charge on any atom is 0.0919 e. The monoisotopic (exact) mass is 187 g/mol. The van der Waals surface area contributed by atoms with Crippen LogP contribution < -0.4 is 0 Å². The highest BCUT2D eigenvalue weighted by Crippen LogP contribution is 2.25. The fraction of sp³-hybridized carbons (Fsp3) is 0.273. The minimum absolute atomic E-state index is 0.241. The minimum atomic E-state index is -0.241. The molecule has 1 atom stereocenters. The average molecular weight is 187 g/mol. The Morgan fingerprint density at radius 1 is 1.50 bits per heavy atom. The number of aromatic amines is 1. The quantitative estimate of drug-likeness (QED) is 0.678. The molecule has 0 aromatic carbocycles. The molecule has 2 rings (SSSR count). The van der Waals surface area contributed by atoms with Gasteiger partial charge in [-0.3, -0.25) is 0 Å². The van der Waals surface area contributed by atoms with E-state index in [1.54, 1.807) is 18.7 Å². The van der Waals surface area contributed by atoms with Gasteiger partial charge in [-0.15, -0.1) is 0 Å². The summed E-state index contributed by atoms with van der Waals surface area (Å²) in [6.45, 7) is 1.94. The number of nitriles is 1. The lowest BCUT2D eigenvalue weighted by molar-refractivity contribution is 0.573. The van der Waals surface area contributed by atoms with Gasteiger partial charge >= 0.3 is 0 Å². The molecule has 0 spiro atoms. The largest absolute Gasteiger partial charge is 0.351 e. The normalized spacial score (nSPS) is 23.4. The van der Waals surface area contributed by atoms with Crippen LogP contribution in [0.1, 0.15) is 13.3 Å². The second-order valence-corrected chi connectivity index (χ2v) is 3.28. The molecule has 0 aliphatic heterocycles. The number of nitrogens with one attached hydrogen (secondary N) is 1. The van der Waals surface area contributed by atoms with Gasteiger partial charge in [-0.05, 0) is 13.3 Å². The maximum atomic E-state index is 8.62. The molecular weight excluding hydrogens is 174 g/mol. The third-order valence-corrected chi connectivity index (χ3v) is 1.91. The molecule has 0 radical (unpaired) electrons. The van der Waals surface area contributed by atoms with Gasteiger partial charge in [0.25, 0.3) is 0 Å². The van der Waals surface area contributed by atoms with Crippen molar-refractivity contribution in [3.05, 3.63) is 43.0 Å². The maximum absolute atomic E-state index is 8.62. The fourth-order valence-electron chi connectivity index (χ4n) is 1.03. The molecule has 1 N–H and O–H groups in total. The van der Waals surface area contributed by atoms with E-state index in [-0.39, 0.29) is 5.41 Å². The Labute approximate surface area is 83.8 Å². The van der Waals surface area contributed by atoms with Crippen LogP contribution in [0.25, 0.3) is 0 Å². The van der Waals surface area contributed by atoms with E-state index in [4.69, 9.17) is 5.26 Å². The second kappa shape index (κ2) is 5.03. The minimum Gasteiger partial charge on any atom is -0.351 e. The number of nitrogens with zero attached hydrogens (tertiary/aromatic N) is 2. The standard InChI is InChI=1S/C8H9N.C3H4N2/c1-8(7-9)5-3-2-4-6-8;1-2-5-3-4-1/h2-5H,6H2,1H3;1-3H,(H,4,5). The highest BCUT2D eigenvalue weighted by atomic mass is 14.8. The van der Waals surface area contributed by atoms with Gasteiger partial charge in [-0.25, -0.2) is 4.98 Å². The average Bonchev–Trinajstić information content (AvgIpc) is 2.77. The first-order chi connectivity index (χ1) is 6.77. The van der Waals surface area contributed by atoms with Crippen molar-refractivity contribution in [1.29, 1.82) is 5.26 Å². The summed E-state index contributed by atoms with van der Waals surface area (Å²) in [5.74, 6) is 0. The van der Waals surface area contributed by atoms with Crippen molar-refractivity contribution >= 4 is 0 Å². The van der Waals surface area contributed by atoms with E-state index in [2.05, 4.69) is 16.0 Å². The molecule has 0 saturated heterocycles. The molecule has 72 valence electrons. The van der Waals surface area contributed by atoms with Crippen LogP contribution in [-0.4, -0.2) is 9.97 Å². The van der Waals surface area contributed by atoms with Gasteiger partial charge in [0.05, 0.1) is 17.8 Å². The molecule has 0 saturated carbocycles. The molecular formula is C11H13N3. The van der Waals surface area contributed by atoms with Crippen LogP contribution in [0.5, 0.6) is 0 Å². The molecule has 0 amide bonds. The van der Waals surface area contributed by atoms with Crippen LogP contribution in [0, 0.1) is 16.7 Å². The first-order valence-corrected chi connectivity index (χ1v) is 4.45. The van der Waals surface area contributed by atoms with E-state index in [0.29, 0.717) is 0 Å². The number of H-pyrrole nitrogens is 1. The number of hydrogen-bond acceptors (Lipinski definition) is 2. The number of hydrogen-bond donors (Lipinski definition) is 1. The number of allylic oxidation sites excluding steroid dienone is 4. The van der Waals surface area contributed by atoms with E-state index in [1.807, 2.05) is 31.2 Å². The summed E-state index contributed by atoms with van der Waals surface area (Å²) in [5.41, 5.74) is -0.241. The predicted molar refractivity (Wildman–Crippen MR) is 55.2 cm³/mol. The Balaban J connectivity index is 0.000000165. The molecule has 1 aromatic heterocycles.